The number of halogens is 1. The van der Waals surface area contributed by atoms with E-state index < -0.39 is 18.0 Å². The number of para-hydroxylation sites is 1. The number of nitrogens with zero attached hydrogens (tertiary/aromatic N) is 1. The molecule has 7 nitrogen and oxygen atoms in total. The topological polar surface area (TPSA) is 102 Å². The third-order valence-electron chi connectivity index (χ3n) is 4.50. The molecule has 0 bridgehead atoms. The van der Waals surface area contributed by atoms with Gasteiger partial charge in [-0.15, -0.1) is 0 Å². The number of rotatable bonds is 6. The van der Waals surface area contributed by atoms with Crippen LogP contribution in [-0.4, -0.2) is 31.1 Å². The zero-order chi connectivity index (χ0) is 20.1. The van der Waals surface area contributed by atoms with Crippen molar-refractivity contribution in [1.29, 1.82) is 0 Å². The molecule has 1 heterocycles. The van der Waals surface area contributed by atoms with Gasteiger partial charge in [-0.05, 0) is 35.7 Å². The van der Waals surface area contributed by atoms with Crippen molar-refractivity contribution < 1.29 is 19.1 Å². The average Bonchev–Trinajstić information content (AvgIpc) is 3.10. The Labute approximate surface area is 167 Å². The summed E-state index contributed by atoms with van der Waals surface area (Å²) in [5.41, 5.74) is 7.79. The SMILES string of the molecule is NC(=O)N[C@H](CC(=O)OCC(=O)N1CCc2ccccc21)c1ccc(Cl)cc1. The Morgan fingerprint density at radius 3 is 2.57 bits per heavy atom. The number of ether oxygens (including phenoxy) is 1. The Morgan fingerprint density at radius 1 is 1.14 bits per heavy atom. The van der Waals surface area contributed by atoms with Crippen LogP contribution in [0.4, 0.5) is 10.5 Å². The number of primary amides is 1. The first-order valence-electron chi connectivity index (χ1n) is 8.79. The normalized spacial score (nSPS) is 13.5. The molecule has 0 fully saturated rings. The number of nitrogens with one attached hydrogen (secondary N) is 1. The highest BCUT2D eigenvalue weighted by molar-refractivity contribution is 6.30. The lowest BCUT2D eigenvalue weighted by Gasteiger charge is -2.19. The predicted molar refractivity (Wildman–Crippen MR) is 105 cm³/mol. The van der Waals surface area contributed by atoms with E-state index in [1.807, 2.05) is 24.3 Å². The molecule has 1 aliphatic heterocycles. The smallest absolute Gasteiger partial charge is 0.312 e. The summed E-state index contributed by atoms with van der Waals surface area (Å²) in [6, 6.07) is 12.8. The Bertz CT molecular complexity index is 885. The lowest BCUT2D eigenvalue weighted by Crippen LogP contribution is -2.36. The van der Waals surface area contributed by atoms with Crippen LogP contribution in [0.1, 0.15) is 23.6 Å². The molecule has 0 aromatic heterocycles. The van der Waals surface area contributed by atoms with Gasteiger partial charge in [-0.25, -0.2) is 4.79 Å². The van der Waals surface area contributed by atoms with E-state index in [0.29, 0.717) is 17.1 Å². The first-order valence-corrected chi connectivity index (χ1v) is 9.17. The maximum atomic E-state index is 12.4. The average molecular weight is 402 g/mol. The molecular formula is C20H20ClN3O4. The van der Waals surface area contributed by atoms with Crippen molar-refractivity contribution in [3.8, 4) is 0 Å². The first-order chi connectivity index (χ1) is 13.4. The highest BCUT2D eigenvalue weighted by Crippen LogP contribution is 2.27. The second-order valence-electron chi connectivity index (χ2n) is 6.40. The quantitative estimate of drug-likeness (QED) is 0.726. The number of nitrogens with two attached hydrogens (primary N) is 1. The minimum Gasteiger partial charge on any atom is -0.455 e. The number of esters is 1. The monoisotopic (exact) mass is 401 g/mol. The maximum absolute atomic E-state index is 12.4. The van der Waals surface area contributed by atoms with Gasteiger partial charge in [0.2, 0.25) is 0 Å². The largest absolute Gasteiger partial charge is 0.455 e. The first kappa shape index (κ1) is 19.7. The zero-order valence-electron chi connectivity index (χ0n) is 15.1. The second kappa shape index (κ2) is 8.75. The summed E-state index contributed by atoms with van der Waals surface area (Å²) in [6.45, 7) is 0.198. The van der Waals surface area contributed by atoms with Crippen LogP contribution in [0, 0.1) is 0 Å². The number of carbonyl (C=O) groups is 3. The van der Waals surface area contributed by atoms with Crippen LogP contribution < -0.4 is 16.0 Å². The molecule has 28 heavy (non-hydrogen) atoms. The van der Waals surface area contributed by atoms with Gasteiger partial charge in [-0.1, -0.05) is 41.9 Å². The van der Waals surface area contributed by atoms with Crippen molar-refractivity contribution >= 4 is 35.2 Å². The van der Waals surface area contributed by atoms with Gasteiger partial charge >= 0.3 is 12.0 Å². The van der Waals surface area contributed by atoms with E-state index >= 15 is 0 Å². The van der Waals surface area contributed by atoms with E-state index in [4.69, 9.17) is 22.1 Å². The third-order valence-corrected chi connectivity index (χ3v) is 4.76. The summed E-state index contributed by atoms with van der Waals surface area (Å²) in [5.74, 6) is -0.904. The number of anilines is 1. The molecule has 8 heteroatoms. The number of amides is 3. The van der Waals surface area contributed by atoms with Crippen LogP contribution in [0.5, 0.6) is 0 Å². The molecule has 0 radical (unpaired) electrons. The summed E-state index contributed by atoms with van der Waals surface area (Å²) in [7, 11) is 0. The summed E-state index contributed by atoms with van der Waals surface area (Å²) in [4.78, 5) is 37.5. The van der Waals surface area contributed by atoms with Crippen LogP contribution in [0.15, 0.2) is 48.5 Å². The fraction of sp³-hybridized carbons (Fsp3) is 0.250. The lowest BCUT2D eigenvalue weighted by molar-refractivity contribution is -0.148. The van der Waals surface area contributed by atoms with E-state index in [0.717, 1.165) is 17.7 Å². The number of hydrogen-bond acceptors (Lipinski definition) is 4. The van der Waals surface area contributed by atoms with Gasteiger partial charge in [-0.2, -0.15) is 0 Å². The predicted octanol–water partition coefficient (Wildman–Crippen LogP) is 2.57. The molecular weight excluding hydrogens is 382 g/mol. The molecule has 0 saturated heterocycles. The molecule has 0 saturated carbocycles. The van der Waals surface area contributed by atoms with E-state index in [2.05, 4.69) is 5.32 Å². The molecule has 1 aliphatic rings. The van der Waals surface area contributed by atoms with E-state index in [1.54, 1.807) is 29.2 Å². The van der Waals surface area contributed by atoms with Crippen LogP contribution in [0.2, 0.25) is 5.02 Å². The van der Waals surface area contributed by atoms with Crippen molar-refractivity contribution in [2.75, 3.05) is 18.1 Å². The summed E-state index contributed by atoms with van der Waals surface area (Å²) in [5, 5.41) is 3.03. The highest BCUT2D eigenvalue weighted by Gasteiger charge is 2.25. The van der Waals surface area contributed by atoms with Crippen LogP contribution >= 0.6 is 11.6 Å². The van der Waals surface area contributed by atoms with Crippen LogP contribution in [0.3, 0.4) is 0 Å². The molecule has 2 aromatic carbocycles. The van der Waals surface area contributed by atoms with Gasteiger partial charge in [0.25, 0.3) is 5.91 Å². The molecule has 3 rings (SSSR count). The van der Waals surface area contributed by atoms with E-state index in [-0.39, 0.29) is 18.9 Å². The Balaban J connectivity index is 1.58. The number of fused-ring (bicyclic) bond motifs is 1. The molecule has 0 spiro atoms. The van der Waals surface area contributed by atoms with Gasteiger partial charge in [0.05, 0.1) is 12.5 Å². The van der Waals surface area contributed by atoms with Crippen molar-refractivity contribution in [3.05, 3.63) is 64.7 Å². The lowest BCUT2D eigenvalue weighted by atomic mass is 10.0. The van der Waals surface area contributed by atoms with Crippen molar-refractivity contribution in [2.24, 2.45) is 5.73 Å². The van der Waals surface area contributed by atoms with E-state index in [9.17, 15) is 14.4 Å². The molecule has 0 unspecified atom stereocenters. The number of urea groups is 1. The van der Waals surface area contributed by atoms with Crippen LogP contribution in [-0.2, 0) is 20.7 Å². The molecule has 3 amide bonds. The molecule has 1 atom stereocenters. The number of carbonyl (C=O) groups excluding carboxylic acids is 3. The number of hydrogen-bond donors (Lipinski definition) is 2. The molecule has 2 aromatic rings. The van der Waals surface area contributed by atoms with Gasteiger partial charge in [0, 0.05) is 17.3 Å². The van der Waals surface area contributed by atoms with Crippen LogP contribution in [0.25, 0.3) is 0 Å². The molecule has 0 aliphatic carbocycles. The number of benzene rings is 2. The van der Waals surface area contributed by atoms with Gasteiger partial charge in [-0.3, -0.25) is 9.59 Å². The second-order valence-corrected chi connectivity index (χ2v) is 6.84. The minimum atomic E-state index is -0.766. The summed E-state index contributed by atoms with van der Waals surface area (Å²) < 4.78 is 5.14. The van der Waals surface area contributed by atoms with Gasteiger partial charge in [0.15, 0.2) is 6.61 Å². The maximum Gasteiger partial charge on any atom is 0.312 e. The highest BCUT2D eigenvalue weighted by atomic mass is 35.5. The fourth-order valence-corrected chi connectivity index (χ4v) is 3.29. The van der Waals surface area contributed by atoms with Gasteiger partial charge in [0.1, 0.15) is 0 Å². The zero-order valence-corrected chi connectivity index (χ0v) is 15.8. The van der Waals surface area contributed by atoms with E-state index in [1.165, 1.54) is 0 Å². The van der Waals surface area contributed by atoms with Crippen molar-refractivity contribution in [1.82, 2.24) is 5.32 Å². The Hall–Kier alpha value is -3.06. The Morgan fingerprint density at radius 2 is 1.86 bits per heavy atom. The summed E-state index contributed by atoms with van der Waals surface area (Å²) in [6.07, 6.45) is 0.617. The molecule has 3 N–H and O–H groups in total. The van der Waals surface area contributed by atoms with Crippen molar-refractivity contribution in [2.45, 2.75) is 18.9 Å². The van der Waals surface area contributed by atoms with Crippen molar-refractivity contribution in [3.63, 3.8) is 0 Å². The Kier molecular flexibility index (Phi) is 6.16. The molecule has 146 valence electrons. The fourth-order valence-electron chi connectivity index (χ4n) is 3.16. The third kappa shape index (κ3) is 4.80. The van der Waals surface area contributed by atoms with Gasteiger partial charge < -0.3 is 20.7 Å². The standard InChI is InChI=1S/C20H20ClN3O4/c21-15-7-5-13(6-8-15)16(23-20(22)27)11-19(26)28-12-18(25)24-10-9-14-3-1-2-4-17(14)24/h1-8,16H,9-12H2,(H3,22,23,27)/t16-/m1/s1. The minimum absolute atomic E-state index is 0.158. The summed E-state index contributed by atoms with van der Waals surface area (Å²) >= 11 is 5.86.